The molecule has 1 aromatic carbocycles. The van der Waals surface area contributed by atoms with Gasteiger partial charge < -0.3 is 10.1 Å². The van der Waals surface area contributed by atoms with Crippen LogP contribution in [-0.2, 0) is 6.54 Å². The van der Waals surface area contributed by atoms with Crippen LogP contribution in [-0.4, -0.2) is 13.7 Å². The maximum atomic E-state index is 13.4. The minimum Gasteiger partial charge on any atom is -0.497 e. The lowest BCUT2D eigenvalue weighted by Crippen LogP contribution is -2.15. The van der Waals surface area contributed by atoms with E-state index in [1.54, 1.807) is 12.1 Å². The summed E-state index contributed by atoms with van der Waals surface area (Å²) in [6.45, 7) is 3.65. The highest BCUT2D eigenvalue weighted by Gasteiger charge is 2.02. The van der Waals surface area contributed by atoms with Crippen molar-refractivity contribution in [3.8, 4) is 5.75 Å². The van der Waals surface area contributed by atoms with Crippen LogP contribution in [0.3, 0.4) is 0 Å². The van der Waals surface area contributed by atoms with Crippen LogP contribution in [0.15, 0.2) is 18.2 Å². The number of hydrogen-bond donors (Lipinski definition) is 1. The maximum absolute atomic E-state index is 13.4. The third-order valence-electron chi connectivity index (χ3n) is 2.28. The molecule has 0 aromatic heterocycles. The molecule has 0 aliphatic carbocycles. The highest BCUT2D eigenvalue weighted by molar-refractivity contribution is 5.28. The molecule has 0 fully saturated rings. The van der Waals surface area contributed by atoms with Crippen LogP contribution in [0.5, 0.6) is 5.75 Å². The molecule has 0 heterocycles. The molecule has 1 N–H and O–H groups in total. The lowest BCUT2D eigenvalue weighted by atomic mass is 10.2. The van der Waals surface area contributed by atoms with Gasteiger partial charge in [-0.1, -0.05) is 19.4 Å². The first kappa shape index (κ1) is 12.0. The van der Waals surface area contributed by atoms with Gasteiger partial charge >= 0.3 is 0 Å². The Morgan fingerprint density at radius 2 is 2.20 bits per heavy atom. The summed E-state index contributed by atoms with van der Waals surface area (Å²) in [6, 6.07) is 4.95. The molecule has 0 saturated heterocycles. The number of nitrogens with one attached hydrogen (secondary N) is 1. The molecule has 1 aromatic rings. The normalized spacial score (nSPS) is 10.3. The first-order valence-electron chi connectivity index (χ1n) is 5.31. The van der Waals surface area contributed by atoms with Crippen LogP contribution < -0.4 is 10.1 Å². The van der Waals surface area contributed by atoms with E-state index in [4.69, 9.17) is 4.74 Å². The number of benzene rings is 1. The molecule has 0 atom stereocenters. The molecule has 0 aliphatic heterocycles. The first-order valence-corrected chi connectivity index (χ1v) is 5.31. The van der Waals surface area contributed by atoms with Crippen LogP contribution in [0.1, 0.15) is 25.3 Å². The maximum Gasteiger partial charge on any atom is 0.131 e. The van der Waals surface area contributed by atoms with Gasteiger partial charge in [0.1, 0.15) is 11.6 Å². The fourth-order valence-corrected chi connectivity index (χ4v) is 1.32. The fraction of sp³-hybridized carbons (Fsp3) is 0.500. The van der Waals surface area contributed by atoms with E-state index >= 15 is 0 Å². The van der Waals surface area contributed by atoms with Gasteiger partial charge in [-0.25, -0.2) is 4.39 Å². The Kier molecular flexibility index (Phi) is 5.12. The zero-order valence-electron chi connectivity index (χ0n) is 9.35. The van der Waals surface area contributed by atoms with Gasteiger partial charge in [0.25, 0.3) is 0 Å². The number of hydrogen-bond acceptors (Lipinski definition) is 2. The van der Waals surface area contributed by atoms with Gasteiger partial charge in [0, 0.05) is 18.2 Å². The predicted octanol–water partition coefficient (Wildman–Crippen LogP) is 2.72. The average Bonchev–Trinajstić information content (AvgIpc) is 2.26. The minimum absolute atomic E-state index is 0.210. The predicted molar refractivity (Wildman–Crippen MR) is 59.6 cm³/mol. The molecule has 0 saturated carbocycles. The Labute approximate surface area is 90.4 Å². The van der Waals surface area contributed by atoms with Crippen molar-refractivity contribution in [2.45, 2.75) is 26.3 Å². The van der Waals surface area contributed by atoms with Gasteiger partial charge in [0.2, 0.25) is 0 Å². The zero-order chi connectivity index (χ0) is 11.1. The summed E-state index contributed by atoms with van der Waals surface area (Å²) in [7, 11) is 1.54. The van der Waals surface area contributed by atoms with E-state index in [2.05, 4.69) is 12.2 Å². The second-order valence-corrected chi connectivity index (χ2v) is 3.49. The quantitative estimate of drug-likeness (QED) is 0.730. The summed E-state index contributed by atoms with van der Waals surface area (Å²) in [4.78, 5) is 0. The van der Waals surface area contributed by atoms with Crippen LogP contribution in [0.4, 0.5) is 4.39 Å². The molecular weight excluding hydrogens is 193 g/mol. The Hall–Kier alpha value is -1.09. The van der Waals surface area contributed by atoms with E-state index in [1.165, 1.54) is 13.2 Å². The van der Waals surface area contributed by atoms with Gasteiger partial charge in [0.15, 0.2) is 0 Å². The van der Waals surface area contributed by atoms with Crippen LogP contribution in [0.2, 0.25) is 0 Å². The largest absolute Gasteiger partial charge is 0.497 e. The van der Waals surface area contributed by atoms with Gasteiger partial charge in [-0.2, -0.15) is 0 Å². The smallest absolute Gasteiger partial charge is 0.131 e. The zero-order valence-corrected chi connectivity index (χ0v) is 9.35. The molecule has 2 nitrogen and oxygen atoms in total. The number of halogens is 1. The van der Waals surface area contributed by atoms with Crippen LogP contribution in [0.25, 0.3) is 0 Å². The summed E-state index contributed by atoms with van der Waals surface area (Å²) in [5, 5.41) is 3.20. The lowest BCUT2D eigenvalue weighted by molar-refractivity contribution is 0.410. The summed E-state index contributed by atoms with van der Waals surface area (Å²) in [5.41, 5.74) is 0.687. The van der Waals surface area contributed by atoms with E-state index in [1.807, 2.05) is 0 Å². The first-order chi connectivity index (χ1) is 7.27. The molecule has 1 rings (SSSR count). The van der Waals surface area contributed by atoms with Crippen molar-refractivity contribution >= 4 is 0 Å². The summed E-state index contributed by atoms with van der Waals surface area (Å²) >= 11 is 0. The van der Waals surface area contributed by atoms with Crippen LogP contribution in [0, 0.1) is 5.82 Å². The van der Waals surface area contributed by atoms with Crippen LogP contribution >= 0.6 is 0 Å². The second-order valence-electron chi connectivity index (χ2n) is 3.49. The molecular formula is C12H18FNO. The van der Waals surface area contributed by atoms with Crippen molar-refractivity contribution in [1.82, 2.24) is 5.32 Å². The lowest BCUT2D eigenvalue weighted by Gasteiger charge is -2.06. The van der Waals surface area contributed by atoms with Crippen molar-refractivity contribution in [2.75, 3.05) is 13.7 Å². The molecule has 84 valence electrons. The topological polar surface area (TPSA) is 21.3 Å². The molecule has 15 heavy (non-hydrogen) atoms. The van der Waals surface area contributed by atoms with Gasteiger partial charge in [-0.15, -0.1) is 0 Å². The van der Waals surface area contributed by atoms with Crippen molar-refractivity contribution in [2.24, 2.45) is 0 Å². The number of methoxy groups -OCH3 is 1. The van der Waals surface area contributed by atoms with Gasteiger partial charge in [0.05, 0.1) is 7.11 Å². The standard InChI is InChI=1S/C12H18FNO/c1-3-4-7-14-9-10-5-6-11(15-2)8-12(10)13/h5-6,8,14H,3-4,7,9H2,1-2H3. The van der Waals surface area contributed by atoms with Crippen molar-refractivity contribution in [3.05, 3.63) is 29.6 Å². The number of rotatable bonds is 6. The third kappa shape index (κ3) is 3.88. The molecule has 0 amide bonds. The van der Waals surface area contributed by atoms with Crippen molar-refractivity contribution < 1.29 is 9.13 Å². The highest BCUT2D eigenvalue weighted by Crippen LogP contribution is 2.15. The second kappa shape index (κ2) is 6.40. The Balaban J connectivity index is 2.47. The van der Waals surface area contributed by atoms with E-state index in [0.29, 0.717) is 17.9 Å². The molecule has 3 heteroatoms. The van der Waals surface area contributed by atoms with E-state index in [0.717, 1.165) is 19.4 Å². The monoisotopic (exact) mass is 211 g/mol. The Morgan fingerprint density at radius 1 is 1.40 bits per heavy atom. The summed E-state index contributed by atoms with van der Waals surface area (Å²) < 4.78 is 18.4. The van der Waals surface area contributed by atoms with Crippen molar-refractivity contribution in [1.29, 1.82) is 0 Å². The molecule has 0 bridgehead atoms. The molecule has 0 aliphatic rings. The molecule has 0 radical (unpaired) electrons. The van der Waals surface area contributed by atoms with Gasteiger partial charge in [-0.3, -0.25) is 0 Å². The Bertz CT molecular complexity index is 302. The molecule has 0 spiro atoms. The van der Waals surface area contributed by atoms with E-state index < -0.39 is 0 Å². The minimum atomic E-state index is -0.210. The average molecular weight is 211 g/mol. The number of ether oxygens (including phenoxy) is 1. The molecule has 0 unspecified atom stereocenters. The summed E-state index contributed by atoms with van der Waals surface area (Å²) in [5.74, 6) is 0.350. The highest BCUT2D eigenvalue weighted by atomic mass is 19.1. The Morgan fingerprint density at radius 3 is 2.80 bits per heavy atom. The van der Waals surface area contributed by atoms with Crippen molar-refractivity contribution in [3.63, 3.8) is 0 Å². The van der Waals surface area contributed by atoms with Gasteiger partial charge in [-0.05, 0) is 19.0 Å². The summed E-state index contributed by atoms with van der Waals surface area (Å²) in [6.07, 6.45) is 2.27. The SMILES string of the molecule is CCCCNCc1ccc(OC)cc1F. The fourth-order valence-electron chi connectivity index (χ4n) is 1.32. The third-order valence-corrected chi connectivity index (χ3v) is 2.28. The van der Waals surface area contributed by atoms with E-state index in [-0.39, 0.29) is 5.82 Å². The van der Waals surface area contributed by atoms with E-state index in [9.17, 15) is 4.39 Å². The number of unbranched alkanes of at least 4 members (excludes halogenated alkanes) is 1.